The van der Waals surface area contributed by atoms with Crippen LogP contribution in [0, 0.1) is 0 Å². The Morgan fingerprint density at radius 1 is 1.41 bits per heavy atom. The first kappa shape index (κ1) is 11.7. The largest absolute Gasteiger partial charge is 0.397 e. The van der Waals surface area contributed by atoms with Crippen molar-refractivity contribution in [2.24, 2.45) is 0 Å². The molecule has 0 aliphatic carbocycles. The maximum Gasteiger partial charge on any atom is 0.276 e. The fourth-order valence-corrected chi connectivity index (χ4v) is 2.05. The summed E-state index contributed by atoms with van der Waals surface area (Å²) in [5.74, 6) is -0.536. The number of para-hydroxylation sites is 1. The van der Waals surface area contributed by atoms with Gasteiger partial charge in [-0.3, -0.25) is 10.0 Å². The van der Waals surface area contributed by atoms with Crippen LogP contribution < -0.4 is 21.4 Å². The maximum atomic E-state index is 11.6. The quantitative estimate of drug-likeness (QED) is 0.324. The van der Waals surface area contributed by atoms with Gasteiger partial charge in [-0.1, -0.05) is 6.07 Å². The molecule has 0 spiro atoms. The number of piperazine rings is 1. The van der Waals surface area contributed by atoms with E-state index in [1.54, 1.807) is 23.7 Å². The molecule has 0 radical (unpaired) electrons. The van der Waals surface area contributed by atoms with E-state index >= 15 is 0 Å². The summed E-state index contributed by atoms with van der Waals surface area (Å²) in [6.07, 6.45) is 0. The van der Waals surface area contributed by atoms with E-state index in [9.17, 15) is 4.79 Å². The van der Waals surface area contributed by atoms with Gasteiger partial charge < -0.3 is 16.0 Å². The highest BCUT2D eigenvalue weighted by Gasteiger charge is 2.20. The minimum absolute atomic E-state index is 0.398. The molecule has 0 atom stereocenters. The third kappa shape index (κ3) is 2.32. The molecular formula is C11H16N4O2. The third-order valence-electron chi connectivity index (χ3n) is 2.85. The molecule has 2 rings (SSSR count). The standard InChI is InChI=1S/C11H16N4O2/c12-9-3-1-2-8(11(16)14-17)10(9)15-6-4-13-5-7-15/h1-3,13,17H,4-7,12H2,(H,14,16). The average molecular weight is 236 g/mol. The topological polar surface area (TPSA) is 90.6 Å². The summed E-state index contributed by atoms with van der Waals surface area (Å²) in [6.45, 7) is 3.29. The van der Waals surface area contributed by atoms with Crippen molar-refractivity contribution in [1.29, 1.82) is 0 Å². The summed E-state index contributed by atoms with van der Waals surface area (Å²) in [5, 5.41) is 12.0. The van der Waals surface area contributed by atoms with Crippen molar-refractivity contribution in [2.75, 3.05) is 36.8 Å². The second-order valence-electron chi connectivity index (χ2n) is 3.92. The second kappa shape index (κ2) is 5.03. The van der Waals surface area contributed by atoms with Gasteiger partial charge in [-0.2, -0.15) is 0 Å². The maximum absolute atomic E-state index is 11.6. The second-order valence-corrected chi connectivity index (χ2v) is 3.92. The lowest BCUT2D eigenvalue weighted by atomic mass is 10.1. The van der Waals surface area contributed by atoms with Crippen LogP contribution >= 0.6 is 0 Å². The molecule has 92 valence electrons. The van der Waals surface area contributed by atoms with E-state index < -0.39 is 5.91 Å². The van der Waals surface area contributed by atoms with Crippen LogP contribution in [0.15, 0.2) is 18.2 Å². The van der Waals surface area contributed by atoms with Crippen LogP contribution in [0.1, 0.15) is 10.4 Å². The van der Waals surface area contributed by atoms with Crippen molar-refractivity contribution < 1.29 is 10.0 Å². The Labute approximate surface area is 99.4 Å². The molecule has 1 aromatic rings. The van der Waals surface area contributed by atoms with Crippen molar-refractivity contribution >= 4 is 17.3 Å². The van der Waals surface area contributed by atoms with Crippen molar-refractivity contribution in [3.63, 3.8) is 0 Å². The van der Waals surface area contributed by atoms with E-state index in [2.05, 4.69) is 10.2 Å². The Balaban J connectivity index is 2.39. The number of hydroxylamine groups is 1. The summed E-state index contributed by atoms with van der Waals surface area (Å²) in [6, 6.07) is 5.11. The number of carbonyl (C=O) groups is 1. The van der Waals surface area contributed by atoms with Crippen molar-refractivity contribution in [1.82, 2.24) is 10.8 Å². The SMILES string of the molecule is Nc1cccc(C(=O)NO)c1N1CCNCC1. The van der Waals surface area contributed by atoms with Crippen LogP contribution in [0.3, 0.4) is 0 Å². The number of hydrogen-bond acceptors (Lipinski definition) is 5. The molecule has 17 heavy (non-hydrogen) atoms. The van der Waals surface area contributed by atoms with Gasteiger partial charge in [0, 0.05) is 26.2 Å². The number of amides is 1. The number of benzene rings is 1. The summed E-state index contributed by atoms with van der Waals surface area (Å²) >= 11 is 0. The van der Waals surface area contributed by atoms with Gasteiger partial charge in [-0.05, 0) is 12.1 Å². The highest BCUT2D eigenvalue weighted by atomic mass is 16.5. The zero-order chi connectivity index (χ0) is 12.3. The molecule has 0 aromatic heterocycles. The van der Waals surface area contributed by atoms with Crippen LogP contribution in [0.25, 0.3) is 0 Å². The summed E-state index contributed by atoms with van der Waals surface area (Å²) in [5.41, 5.74) is 9.21. The molecule has 1 amide bonds. The Morgan fingerprint density at radius 3 is 2.76 bits per heavy atom. The van der Waals surface area contributed by atoms with E-state index in [4.69, 9.17) is 10.9 Å². The lowest BCUT2D eigenvalue weighted by Gasteiger charge is -2.31. The van der Waals surface area contributed by atoms with Crippen LogP contribution in [-0.4, -0.2) is 37.3 Å². The molecular weight excluding hydrogens is 220 g/mol. The molecule has 1 aliphatic heterocycles. The first-order valence-electron chi connectivity index (χ1n) is 5.52. The number of anilines is 2. The molecule has 6 nitrogen and oxygen atoms in total. The van der Waals surface area contributed by atoms with Crippen LogP contribution in [0.5, 0.6) is 0 Å². The minimum atomic E-state index is -0.536. The van der Waals surface area contributed by atoms with Gasteiger partial charge in [0.1, 0.15) is 0 Å². The molecule has 0 saturated carbocycles. The van der Waals surface area contributed by atoms with Gasteiger partial charge in [0.25, 0.3) is 5.91 Å². The van der Waals surface area contributed by atoms with Gasteiger partial charge in [0.05, 0.1) is 16.9 Å². The van der Waals surface area contributed by atoms with E-state index in [0.29, 0.717) is 16.9 Å². The van der Waals surface area contributed by atoms with Crippen LogP contribution in [0.4, 0.5) is 11.4 Å². The van der Waals surface area contributed by atoms with Crippen LogP contribution in [0.2, 0.25) is 0 Å². The summed E-state index contributed by atoms with van der Waals surface area (Å²) < 4.78 is 0. The monoisotopic (exact) mass is 236 g/mol. The first-order chi connectivity index (χ1) is 8.24. The lowest BCUT2D eigenvalue weighted by Crippen LogP contribution is -2.44. The van der Waals surface area contributed by atoms with E-state index in [-0.39, 0.29) is 0 Å². The number of nitrogens with one attached hydrogen (secondary N) is 2. The van der Waals surface area contributed by atoms with Gasteiger partial charge in [0.15, 0.2) is 0 Å². The number of carbonyl (C=O) groups excluding carboxylic acids is 1. The summed E-state index contributed by atoms with van der Waals surface area (Å²) in [7, 11) is 0. The molecule has 1 saturated heterocycles. The van der Waals surface area contributed by atoms with Crippen LogP contribution in [-0.2, 0) is 0 Å². The smallest absolute Gasteiger partial charge is 0.276 e. The van der Waals surface area contributed by atoms with Crippen molar-refractivity contribution in [3.05, 3.63) is 23.8 Å². The first-order valence-corrected chi connectivity index (χ1v) is 5.52. The number of nitrogens with zero attached hydrogens (tertiary/aromatic N) is 1. The van der Waals surface area contributed by atoms with Gasteiger partial charge in [-0.15, -0.1) is 0 Å². The molecule has 1 fully saturated rings. The van der Waals surface area contributed by atoms with Gasteiger partial charge in [-0.25, -0.2) is 5.48 Å². The minimum Gasteiger partial charge on any atom is -0.397 e. The molecule has 1 aliphatic rings. The lowest BCUT2D eigenvalue weighted by molar-refractivity contribution is 0.0707. The summed E-state index contributed by atoms with van der Waals surface area (Å²) in [4.78, 5) is 13.6. The zero-order valence-electron chi connectivity index (χ0n) is 9.44. The predicted octanol–water partition coefficient (Wildman–Crippen LogP) is -0.203. The Bertz CT molecular complexity index is 416. The number of hydrogen-bond donors (Lipinski definition) is 4. The van der Waals surface area contributed by atoms with Gasteiger partial charge in [0.2, 0.25) is 0 Å². The molecule has 0 unspecified atom stereocenters. The highest BCUT2D eigenvalue weighted by molar-refractivity contribution is 6.01. The van der Waals surface area contributed by atoms with Crippen molar-refractivity contribution in [2.45, 2.75) is 0 Å². The Morgan fingerprint density at radius 2 is 2.12 bits per heavy atom. The molecule has 5 N–H and O–H groups in total. The molecule has 1 heterocycles. The highest BCUT2D eigenvalue weighted by Crippen LogP contribution is 2.28. The number of nitrogens with two attached hydrogens (primary N) is 1. The Kier molecular flexibility index (Phi) is 3.46. The van der Waals surface area contributed by atoms with E-state index in [0.717, 1.165) is 26.2 Å². The normalized spacial score (nSPS) is 15.7. The van der Waals surface area contributed by atoms with Crippen molar-refractivity contribution in [3.8, 4) is 0 Å². The number of nitrogen functional groups attached to an aromatic ring is 1. The average Bonchev–Trinajstić information content (AvgIpc) is 2.38. The Hall–Kier alpha value is -1.79. The fourth-order valence-electron chi connectivity index (χ4n) is 2.05. The molecule has 1 aromatic carbocycles. The number of rotatable bonds is 2. The predicted molar refractivity (Wildman–Crippen MR) is 65.2 cm³/mol. The van der Waals surface area contributed by atoms with E-state index in [1.807, 2.05) is 0 Å². The third-order valence-corrected chi connectivity index (χ3v) is 2.85. The fraction of sp³-hybridized carbons (Fsp3) is 0.364. The molecule has 6 heteroatoms. The van der Waals surface area contributed by atoms with E-state index in [1.165, 1.54) is 0 Å². The zero-order valence-corrected chi connectivity index (χ0v) is 9.44. The molecule has 0 bridgehead atoms. The van der Waals surface area contributed by atoms with Gasteiger partial charge >= 0.3 is 0 Å².